The third-order valence-electron chi connectivity index (χ3n) is 4.37. The molecule has 3 rings (SSSR count). The molecule has 0 aromatic heterocycles. The zero-order chi connectivity index (χ0) is 16.1. The highest BCUT2D eigenvalue weighted by Gasteiger charge is 2.37. The van der Waals surface area contributed by atoms with Gasteiger partial charge in [-0.3, -0.25) is 5.43 Å². The Balaban J connectivity index is 1.91. The normalized spacial score (nSPS) is 18.6. The van der Waals surface area contributed by atoms with Gasteiger partial charge in [0, 0.05) is 18.7 Å². The molecule has 2 aromatic rings. The second kappa shape index (κ2) is 6.94. The van der Waals surface area contributed by atoms with Crippen molar-refractivity contribution in [2.45, 2.75) is 18.4 Å². The van der Waals surface area contributed by atoms with Gasteiger partial charge in [0.1, 0.15) is 5.60 Å². The van der Waals surface area contributed by atoms with Crippen molar-refractivity contribution in [3.05, 3.63) is 66.2 Å². The van der Waals surface area contributed by atoms with E-state index in [9.17, 15) is 5.11 Å². The number of rotatable bonds is 4. The highest BCUT2D eigenvalue weighted by molar-refractivity contribution is 6.06. The summed E-state index contributed by atoms with van der Waals surface area (Å²) in [5, 5.41) is 15.8. The van der Waals surface area contributed by atoms with Crippen molar-refractivity contribution in [1.29, 1.82) is 0 Å². The van der Waals surface area contributed by atoms with Crippen LogP contribution in [0, 0.1) is 0 Å². The molecular weight excluding hydrogens is 286 g/mol. The van der Waals surface area contributed by atoms with E-state index in [-0.39, 0.29) is 0 Å². The molecule has 0 aliphatic carbocycles. The van der Waals surface area contributed by atoms with Crippen LogP contribution < -0.4 is 5.43 Å². The fourth-order valence-electron chi connectivity index (χ4n) is 2.89. The van der Waals surface area contributed by atoms with Crippen LogP contribution in [0.5, 0.6) is 0 Å². The molecule has 0 spiro atoms. The van der Waals surface area contributed by atoms with Crippen LogP contribution in [0.3, 0.4) is 0 Å². The van der Waals surface area contributed by atoms with E-state index in [2.05, 4.69) is 22.5 Å². The fraction of sp³-hybridized carbons (Fsp3) is 0.316. The second-order valence-electron chi connectivity index (χ2n) is 6.14. The number of benzene rings is 2. The first kappa shape index (κ1) is 15.7. The third kappa shape index (κ3) is 3.78. The molecule has 4 heteroatoms. The zero-order valence-electron chi connectivity index (χ0n) is 13.4. The van der Waals surface area contributed by atoms with Crippen LogP contribution in [0.2, 0.25) is 0 Å². The van der Waals surface area contributed by atoms with Gasteiger partial charge in [-0.15, -0.1) is 0 Å². The molecule has 120 valence electrons. The van der Waals surface area contributed by atoms with E-state index >= 15 is 0 Å². The van der Waals surface area contributed by atoms with E-state index in [1.165, 1.54) is 0 Å². The summed E-state index contributed by atoms with van der Waals surface area (Å²) in [6.07, 6.45) is 1.38. The van der Waals surface area contributed by atoms with Crippen LogP contribution in [0.4, 0.5) is 5.69 Å². The average molecular weight is 309 g/mol. The summed E-state index contributed by atoms with van der Waals surface area (Å²) in [5.74, 6) is 0. The Labute approximate surface area is 137 Å². The summed E-state index contributed by atoms with van der Waals surface area (Å²) in [6.45, 7) is 1.74. The predicted molar refractivity (Wildman–Crippen MR) is 94.7 cm³/mol. The third-order valence-corrected chi connectivity index (χ3v) is 4.37. The van der Waals surface area contributed by atoms with Gasteiger partial charge < -0.3 is 10.0 Å². The maximum Gasteiger partial charge on any atom is 0.111 e. The monoisotopic (exact) mass is 309 g/mol. The molecule has 0 unspecified atom stereocenters. The van der Waals surface area contributed by atoms with Gasteiger partial charge in [-0.1, -0.05) is 48.5 Å². The molecule has 1 aliphatic heterocycles. The smallest absolute Gasteiger partial charge is 0.111 e. The van der Waals surface area contributed by atoms with Gasteiger partial charge in [0.05, 0.1) is 11.4 Å². The summed E-state index contributed by atoms with van der Waals surface area (Å²) in [5.41, 5.74) is 4.79. The van der Waals surface area contributed by atoms with E-state index in [1.807, 2.05) is 60.7 Å². The number of hydrogen-bond donors (Lipinski definition) is 2. The predicted octanol–water partition coefficient (Wildman–Crippen LogP) is 2.96. The molecule has 0 amide bonds. The van der Waals surface area contributed by atoms with Gasteiger partial charge in [0.25, 0.3) is 0 Å². The lowest BCUT2D eigenvalue weighted by Crippen LogP contribution is -2.49. The standard InChI is InChI=1S/C19H23N3O/c1-22-14-12-19(23,13-15-22)18(16-8-4-2-5-9-16)21-20-17-10-6-3-7-11-17/h2-11,20,23H,12-15H2,1H3/b21-18-. The first-order chi connectivity index (χ1) is 11.2. The van der Waals surface area contributed by atoms with Crippen LogP contribution in [-0.2, 0) is 0 Å². The minimum atomic E-state index is -0.893. The lowest BCUT2D eigenvalue weighted by molar-refractivity contribution is 0.0441. The van der Waals surface area contributed by atoms with Crippen LogP contribution in [0.15, 0.2) is 65.8 Å². The molecule has 23 heavy (non-hydrogen) atoms. The number of para-hydroxylation sites is 1. The molecule has 0 atom stereocenters. The molecule has 1 saturated heterocycles. The van der Waals surface area contributed by atoms with Crippen molar-refractivity contribution in [3.8, 4) is 0 Å². The average Bonchev–Trinajstić information content (AvgIpc) is 2.60. The van der Waals surface area contributed by atoms with Crippen LogP contribution in [0.1, 0.15) is 18.4 Å². The molecule has 0 bridgehead atoms. The van der Waals surface area contributed by atoms with E-state index in [1.54, 1.807) is 0 Å². The lowest BCUT2D eigenvalue weighted by Gasteiger charge is -2.37. The summed E-state index contributed by atoms with van der Waals surface area (Å²) < 4.78 is 0. The summed E-state index contributed by atoms with van der Waals surface area (Å²) in [7, 11) is 2.08. The van der Waals surface area contributed by atoms with Crippen LogP contribution in [0.25, 0.3) is 0 Å². The number of nitrogens with one attached hydrogen (secondary N) is 1. The quantitative estimate of drug-likeness (QED) is 0.674. The number of anilines is 1. The summed E-state index contributed by atoms with van der Waals surface area (Å²) in [6, 6.07) is 19.8. The Morgan fingerprint density at radius 1 is 1.00 bits per heavy atom. The Bertz CT molecular complexity index is 647. The minimum Gasteiger partial charge on any atom is -0.383 e. The first-order valence-electron chi connectivity index (χ1n) is 8.03. The molecule has 2 N–H and O–H groups in total. The van der Waals surface area contributed by atoms with Gasteiger partial charge in [-0.05, 0) is 32.0 Å². The van der Waals surface area contributed by atoms with Crippen molar-refractivity contribution < 1.29 is 5.11 Å². The van der Waals surface area contributed by atoms with E-state index < -0.39 is 5.60 Å². The van der Waals surface area contributed by atoms with Crippen molar-refractivity contribution in [3.63, 3.8) is 0 Å². The number of nitrogens with zero attached hydrogens (tertiary/aromatic N) is 2. The van der Waals surface area contributed by atoms with Gasteiger partial charge in [0.2, 0.25) is 0 Å². The number of hydrazone groups is 1. The van der Waals surface area contributed by atoms with Crippen molar-refractivity contribution >= 4 is 11.4 Å². The molecule has 2 aromatic carbocycles. The molecule has 1 fully saturated rings. The second-order valence-corrected chi connectivity index (χ2v) is 6.14. The molecular formula is C19H23N3O. The number of likely N-dealkylation sites (tertiary alicyclic amines) is 1. The van der Waals surface area contributed by atoms with E-state index in [0.717, 1.165) is 30.1 Å². The number of piperidine rings is 1. The Hall–Kier alpha value is -2.17. The maximum absolute atomic E-state index is 11.2. The Kier molecular flexibility index (Phi) is 4.74. The van der Waals surface area contributed by atoms with E-state index in [0.29, 0.717) is 12.8 Å². The highest BCUT2D eigenvalue weighted by Crippen LogP contribution is 2.27. The van der Waals surface area contributed by atoms with Gasteiger partial charge >= 0.3 is 0 Å². The first-order valence-corrected chi connectivity index (χ1v) is 8.03. The number of aliphatic hydroxyl groups is 1. The van der Waals surface area contributed by atoms with Crippen LogP contribution >= 0.6 is 0 Å². The molecule has 1 heterocycles. The molecule has 1 aliphatic rings. The number of hydrogen-bond acceptors (Lipinski definition) is 4. The Morgan fingerprint density at radius 2 is 1.57 bits per heavy atom. The topological polar surface area (TPSA) is 47.9 Å². The van der Waals surface area contributed by atoms with Crippen molar-refractivity contribution in [1.82, 2.24) is 4.90 Å². The van der Waals surface area contributed by atoms with Gasteiger partial charge in [0.15, 0.2) is 0 Å². The lowest BCUT2D eigenvalue weighted by atomic mass is 9.83. The Morgan fingerprint density at radius 3 is 2.17 bits per heavy atom. The maximum atomic E-state index is 11.2. The van der Waals surface area contributed by atoms with Crippen molar-refractivity contribution in [2.24, 2.45) is 5.10 Å². The van der Waals surface area contributed by atoms with Gasteiger partial charge in [-0.2, -0.15) is 5.10 Å². The van der Waals surface area contributed by atoms with Gasteiger partial charge in [-0.25, -0.2) is 0 Å². The van der Waals surface area contributed by atoms with E-state index in [4.69, 9.17) is 0 Å². The SMILES string of the molecule is CN1CCC(O)(/C(=N\Nc2ccccc2)c2ccccc2)CC1. The molecule has 0 radical (unpaired) electrons. The zero-order valence-corrected chi connectivity index (χ0v) is 13.4. The van der Waals surface area contributed by atoms with Crippen molar-refractivity contribution in [2.75, 3.05) is 25.6 Å². The molecule has 4 nitrogen and oxygen atoms in total. The largest absolute Gasteiger partial charge is 0.383 e. The molecule has 0 saturated carbocycles. The van der Waals surface area contributed by atoms with Crippen LogP contribution in [-0.4, -0.2) is 41.5 Å². The summed E-state index contributed by atoms with van der Waals surface area (Å²) in [4.78, 5) is 2.24. The highest BCUT2D eigenvalue weighted by atomic mass is 16.3. The fourth-order valence-corrected chi connectivity index (χ4v) is 2.89. The summed E-state index contributed by atoms with van der Waals surface area (Å²) >= 11 is 0. The minimum absolute atomic E-state index is 0.688.